The van der Waals surface area contributed by atoms with Crippen molar-refractivity contribution in [2.75, 3.05) is 0 Å². The number of hydrogen-bond donors (Lipinski definition) is 1. The van der Waals surface area contributed by atoms with Crippen LogP contribution in [0.1, 0.15) is 13.8 Å². The van der Waals surface area contributed by atoms with E-state index in [0.717, 1.165) is 5.71 Å². The second-order valence-electron chi connectivity index (χ2n) is 1.40. The van der Waals surface area contributed by atoms with E-state index in [4.69, 9.17) is 5.41 Å². The second-order valence-corrected chi connectivity index (χ2v) is 1.40. The Morgan fingerprint density at radius 3 is 2.62 bits per heavy atom. The zero-order valence-electron chi connectivity index (χ0n) is 5.18. The lowest BCUT2D eigenvalue weighted by molar-refractivity contribution is 1.50. The summed E-state index contributed by atoms with van der Waals surface area (Å²) in [5, 5.41) is 6.70. The first-order valence-corrected chi connectivity index (χ1v) is 2.47. The standard InChI is InChI=1S/C6H10N2/c1-3-4-8-6(2)5-7/h3-5,7H,1-2H3. The minimum atomic E-state index is 0.725. The fourth-order valence-electron chi connectivity index (χ4n) is 0.229. The summed E-state index contributed by atoms with van der Waals surface area (Å²) in [6.45, 7) is 3.67. The summed E-state index contributed by atoms with van der Waals surface area (Å²) < 4.78 is 0. The van der Waals surface area contributed by atoms with Crippen LogP contribution < -0.4 is 0 Å². The Balaban J connectivity index is 3.74. The average molecular weight is 110 g/mol. The molecule has 0 amide bonds. The quantitative estimate of drug-likeness (QED) is 0.524. The Kier molecular flexibility index (Phi) is 3.76. The average Bonchev–Trinajstić information content (AvgIpc) is 1.83. The Bertz CT molecular complexity index is 122. The van der Waals surface area contributed by atoms with Crippen LogP contribution >= 0.6 is 0 Å². The van der Waals surface area contributed by atoms with Gasteiger partial charge in [-0.1, -0.05) is 6.08 Å². The molecule has 0 aromatic carbocycles. The van der Waals surface area contributed by atoms with Gasteiger partial charge in [0.1, 0.15) is 0 Å². The number of aliphatic imine (C=N–C) groups is 1. The fourth-order valence-corrected chi connectivity index (χ4v) is 0.229. The van der Waals surface area contributed by atoms with Crippen LogP contribution in [-0.2, 0) is 0 Å². The number of allylic oxidation sites excluding steroid dienone is 1. The van der Waals surface area contributed by atoms with Gasteiger partial charge in [0.05, 0.1) is 5.71 Å². The molecule has 0 bridgehead atoms. The predicted molar refractivity (Wildman–Crippen MR) is 36.7 cm³/mol. The van der Waals surface area contributed by atoms with Crippen LogP contribution in [0.25, 0.3) is 0 Å². The predicted octanol–water partition coefficient (Wildman–Crippen LogP) is 1.63. The highest BCUT2D eigenvalue weighted by Gasteiger charge is 1.73. The van der Waals surface area contributed by atoms with Gasteiger partial charge in [0.15, 0.2) is 0 Å². The molecule has 0 fully saturated rings. The molecule has 0 aromatic heterocycles. The van der Waals surface area contributed by atoms with Crippen molar-refractivity contribution >= 4 is 11.9 Å². The van der Waals surface area contributed by atoms with Crippen LogP contribution in [0, 0.1) is 5.41 Å². The summed E-state index contributed by atoms with van der Waals surface area (Å²) in [5.41, 5.74) is 0.725. The van der Waals surface area contributed by atoms with Crippen molar-refractivity contribution in [3.05, 3.63) is 12.3 Å². The largest absolute Gasteiger partial charge is 0.307 e. The molecule has 0 unspecified atom stereocenters. The minimum Gasteiger partial charge on any atom is -0.307 e. The molecule has 2 heteroatoms. The van der Waals surface area contributed by atoms with Crippen molar-refractivity contribution in [3.8, 4) is 0 Å². The van der Waals surface area contributed by atoms with Crippen LogP contribution in [0.15, 0.2) is 17.3 Å². The van der Waals surface area contributed by atoms with E-state index in [2.05, 4.69) is 4.99 Å². The van der Waals surface area contributed by atoms with E-state index in [9.17, 15) is 0 Å². The van der Waals surface area contributed by atoms with E-state index in [1.165, 1.54) is 6.21 Å². The molecule has 44 valence electrons. The third-order valence-corrected chi connectivity index (χ3v) is 0.636. The van der Waals surface area contributed by atoms with Gasteiger partial charge in [-0.25, -0.2) is 0 Å². The Labute approximate surface area is 49.5 Å². The molecule has 2 nitrogen and oxygen atoms in total. The first-order valence-electron chi connectivity index (χ1n) is 2.47. The Hall–Kier alpha value is -0.920. The van der Waals surface area contributed by atoms with E-state index >= 15 is 0 Å². The van der Waals surface area contributed by atoms with E-state index in [1.54, 1.807) is 13.1 Å². The monoisotopic (exact) mass is 110 g/mol. The number of hydrogen-bond acceptors (Lipinski definition) is 2. The van der Waals surface area contributed by atoms with Gasteiger partial charge in [0.25, 0.3) is 0 Å². The van der Waals surface area contributed by atoms with Gasteiger partial charge in [-0.15, -0.1) is 0 Å². The van der Waals surface area contributed by atoms with Crippen LogP contribution in [0.2, 0.25) is 0 Å². The molecular formula is C6H10N2. The summed E-state index contributed by atoms with van der Waals surface area (Å²) in [4.78, 5) is 3.85. The third kappa shape index (κ3) is 3.28. The van der Waals surface area contributed by atoms with E-state index < -0.39 is 0 Å². The minimum absolute atomic E-state index is 0.725. The summed E-state index contributed by atoms with van der Waals surface area (Å²) in [7, 11) is 0. The topological polar surface area (TPSA) is 36.2 Å². The molecule has 0 atom stereocenters. The highest BCUT2D eigenvalue weighted by atomic mass is 14.7. The smallest absolute Gasteiger partial charge is 0.0547 e. The molecule has 0 spiro atoms. The zero-order chi connectivity index (χ0) is 6.41. The lowest BCUT2D eigenvalue weighted by Crippen LogP contribution is -1.87. The lowest BCUT2D eigenvalue weighted by Gasteiger charge is -1.79. The van der Waals surface area contributed by atoms with E-state index in [0.29, 0.717) is 0 Å². The molecule has 0 saturated carbocycles. The maximum absolute atomic E-state index is 6.70. The normalized spacial score (nSPS) is 12.5. The van der Waals surface area contributed by atoms with E-state index in [-0.39, 0.29) is 0 Å². The lowest BCUT2D eigenvalue weighted by atomic mass is 10.5. The van der Waals surface area contributed by atoms with Crippen molar-refractivity contribution in [3.63, 3.8) is 0 Å². The summed E-state index contributed by atoms with van der Waals surface area (Å²) in [6, 6.07) is 0. The highest BCUT2D eigenvalue weighted by molar-refractivity contribution is 6.28. The third-order valence-electron chi connectivity index (χ3n) is 0.636. The molecule has 0 aliphatic rings. The van der Waals surface area contributed by atoms with Gasteiger partial charge < -0.3 is 5.41 Å². The van der Waals surface area contributed by atoms with Crippen molar-refractivity contribution in [2.45, 2.75) is 13.8 Å². The zero-order valence-corrected chi connectivity index (χ0v) is 5.18. The van der Waals surface area contributed by atoms with Gasteiger partial charge in [-0.05, 0) is 13.8 Å². The summed E-state index contributed by atoms with van der Waals surface area (Å²) in [6.07, 6.45) is 4.72. The van der Waals surface area contributed by atoms with E-state index in [1.807, 2.05) is 13.0 Å². The van der Waals surface area contributed by atoms with Crippen LogP contribution in [0.3, 0.4) is 0 Å². The maximum atomic E-state index is 6.70. The molecular weight excluding hydrogens is 100 g/mol. The second kappa shape index (κ2) is 4.24. The van der Waals surface area contributed by atoms with Crippen molar-refractivity contribution < 1.29 is 0 Å². The van der Waals surface area contributed by atoms with Crippen molar-refractivity contribution in [2.24, 2.45) is 4.99 Å². The highest BCUT2D eigenvalue weighted by Crippen LogP contribution is 1.74. The molecule has 0 rings (SSSR count). The van der Waals surface area contributed by atoms with Crippen LogP contribution in [0.5, 0.6) is 0 Å². The SMILES string of the molecule is CC=CN=C(C)C=N. The van der Waals surface area contributed by atoms with Gasteiger partial charge in [0, 0.05) is 12.4 Å². The van der Waals surface area contributed by atoms with Gasteiger partial charge in [-0.2, -0.15) is 0 Å². The molecule has 0 aromatic rings. The molecule has 1 N–H and O–H groups in total. The van der Waals surface area contributed by atoms with Crippen LogP contribution in [0.4, 0.5) is 0 Å². The molecule has 0 heterocycles. The molecule has 0 radical (unpaired) electrons. The summed E-state index contributed by atoms with van der Waals surface area (Å²) >= 11 is 0. The molecule has 0 aliphatic carbocycles. The van der Waals surface area contributed by atoms with Crippen molar-refractivity contribution in [1.29, 1.82) is 5.41 Å². The van der Waals surface area contributed by atoms with Gasteiger partial charge >= 0.3 is 0 Å². The number of rotatable bonds is 2. The Morgan fingerprint density at radius 1 is 1.62 bits per heavy atom. The summed E-state index contributed by atoms with van der Waals surface area (Å²) in [5.74, 6) is 0. The van der Waals surface area contributed by atoms with Crippen LogP contribution in [-0.4, -0.2) is 11.9 Å². The molecule has 8 heavy (non-hydrogen) atoms. The first kappa shape index (κ1) is 7.08. The van der Waals surface area contributed by atoms with Gasteiger partial charge in [-0.3, -0.25) is 4.99 Å². The first-order chi connectivity index (χ1) is 3.81. The number of nitrogens with zero attached hydrogens (tertiary/aromatic N) is 1. The maximum Gasteiger partial charge on any atom is 0.0547 e. The molecule has 0 aliphatic heterocycles. The fraction of sp³-hybridized carbons (Fsp3) is 0.333. The van der Waals surface area contributed by atoms with Crippen molar-refractivity contribution in [1.82, 2.24) is 0 Å². The Morgan fingerprint density at radius 2 is 2.25 bits per heavy atom. The molecule has 0 saturated heterocycles. The van der Waals surface area contributed by atoms with Gasteiger partial charge in [0.2, 0.25) is 0 Å². The number of nitrogens with one attached hydrogen (secondary N) is 1.